The summed E-state index contributed by atoms with van der Waals surface area (Å²) in [7, 11) is 5.95. The topological polar surface area (TPSA) is 44.7 Å². The molecule has 164 valence electrons. The first-order chi connectivity index (χ1) is 15.0. The summed E-state index contributed by atoms with van der Waals surface area (Å²) in [5.41, 5.74) is 6.85. The molecule has 0 saturated carbocycles. The van der Waals surface area contributed by atoms with Gasteiger partial charge >= 0.3 is 0 Å². The molecular weight excluding hydrogens is 384 g/mol. The van der Waals surface area contributed by atoms with E-state index in [1.54, 1.807) is 14.0 Å². The zero-order chi connectivity index (χ0) is 22.2. The van der Waals surface area contributed by atoms with Gasteiger partial charge in [0.05, 0.1) is 13.2 Å². The quantitative estimate of drug-likeness (QED) is 0.455. The first kappa shape index (κ1) is 22.9. The summed E-state index contributed by atoms with van der Waals surface area (Å²) in [5, 5.41) is 13.2. The molecule has 4 nitrogen and oxygen atoms in total. The van der Waals surface area contributed by atoms with Crippen molar-refractivity contribution >= 4 is 5.69 Å². The number of hydrogen-bond donors (Lipinski definition) is 2. The third-order valence-corrected chi connectivity index (χ3v) is 5.50. The van der Waals surface area contributed by atoms with Crippen molar-refractivity contribution in [2.24, 2.45) is 0 Å². The highest BCUT2D eigenvalue weighted by Gasteiger charge is 2.06. The lowest BCUT2D eigenvalue weighted by atomic mass is 10.0. The van der Waals surface area contributed by atoms with E-state index in [2.05, 4.69) is 78.9 Å². The van der Waals surface area contributed by atoms with E-state index in [1.807, 2.05) is 12.1 Å². The lowest BCUT2D eigenvalue weighted by molar-refractivity contribution is 0.199. The minimum atomic E-state index is -0.438. The summed E-state index contributed by atoms with van der Waals surface area (Å²) in [6.07, 6.45) is 1.68. The summed E-state index contributed by atoms with van der Waals surface area (Å²) >= 11 is 0. The van der Waals surface area contributed by atoms with Crippen LogP contribution in [-0.4, -0.2) is 37.8 Å². The molecule has 4 heteroatoms. The van der Waals surface area contributed by atoms with Gasteiger partial charge in [-0.2, -0.15) is 0 Å². The van der Waals surface area contributed by atoms with E-state index >= 15 is 0 Å². The van der Waals surface area contributed by atoms with Crippen LogP contribution in [0.3, 0.4) is 0 Å². The maximum Gasteiger partial charge on any atom is 0.122 e. The van der Waals surface area contributed by atoms with E-state index in [0.29, 0.717) is 0 Å². The van der Waals surface area contributed by atoms with Crippen molar-refractivity contribution in [1.29, 1.82) is 0 Å². The highest BCUT2D eigenvalue weighted by molar-refractivity contribution is 5.66. The molecule has 0 fully saturated rings. The lowest BCUT2D eigenvalue weighted by Crippen LogP contribution is -2.13. The van der Waals surface area contributed by atoms with Crippen LogP contribution in [0.1, 0.15) is 36.1 Å². The summed E-state index contributed by atoms with van der Waals surface area (Å²) in [6.45, 7) is 3.62. The van der Waals surface area contributed by atoms with Crippen molar-refractivity contribution in [1.82, 2.24) is 4.90 Å². The van der Waals surface area contributed by atoms with Crippen LogP contribution < -0.4 is 10.1 Å². The monoisotopic (exact) mass is 418 g/mol. The van der Waals surface area contributed by atoms with Gasteiger partial charge in [0, 0.05) is 12.2 Å². The average Bonchev–Trinajstić information content (AvgIpc) is 2.78. The van der Waals surface area contributed by atoms with Gasteiger partial charge in [-0.05, 0) is 86.4 Å². The number of aliphatic hydroxyl groups is 1. The molecule has 31 heavy (non-hydrogen) atoms. The number of hydrogen-bond acceptors (Lipinski definition) is 4. The molecule has 3 aromatic carbocycles. The summed E-state index contributed by atoms with van der Waals surface area (Å²) in [6, 6.07) is 23.0. The maximum absolute atomic E-state index is 9.67. The van der Waals surface area contributed by atoms with Crippen molar-refractivity contribution in [2.45, 2.75) is 32.4 Å². The molecule has 1 atom stereocenters. The van der Waals surface area contributed by atoms with Gasteiger partial charge < -0.3 is 20.1 Å². The Hall–Kier alpha value is -2.82. The molecule has 3 aromatic rings. The molecule has 2 N–H and O–H groups in total. The maximum atomic E-state index is 9.67. The minimum Gasteiger partial charge on any atom is -0.496 e. The Kier molecular flexibility index (Phi) is 8.10. The fourth-order valence-electron chi connectivity index (χ4n) is 3.66. The number of aliphatic hydroxyl groups excluding tert-OH is 1. The predicted octanol–water partition coefficient (Wildman–Crippen LogP) is 5.52. The molecule has 0 aliphatic heterocycles. The molecule has 0 heterocycles. The molecule has 0 spiro atoms. The SMILES string of the molecule is COc1ccc(CNc2ccc(-c3ccc(C(C)O)cc3)cc2)cc1CCCN(C)C. The van der Waals surface area contributed by atoms with E-state index in [9.17, 15) is 5.11 Å². The van der Waals surface area contributed by atoms with Gasteiger partial charge in [0.15, 0.2) is 0 Å². The smallest absolute Gasteiger partial charge is 0.122 e. The van der Waals surface area contributed by atoms with Crippen LogP contribution in [-0.2, 0) is 13.0 Å². The van der Waals surface area contributed by atoms with Gasteiger partial charge in [0.2, 0.25) is 0 Å². The number of nitrogens with one attached hydrogen (secondary N) is 1. The summed E-state index contributed by atoms with van der Waals surface area (Å²) < 4.78 is 5.55. The first-order valence-corrected chi connectivity index (χ1v) is 10.9. The molecule has 0 amide bonds. The van der Waals surface area contributed by atoms with E-state index in [1.165, 1.54) is 11.1 Å². The van der Waals surface area contributed by atoms with E-state index in [4.69, 9.17) is 4.74 Å². The number of rotatable bonds is 10. The van der Waals surface area contributed by atoms with Crippen molar-refractivity contribution in [3.63, 3.8) is 0 Å². The van der Waals surface area contributed by atoms with Crippen molar-refractivity contribution < 1.29 is 9.84 Å². The van der Waals surface area contributed by atoms with Crippen molar-refractivity contribution in [2.75, 3.05) is 33.1 Å². The van der Waals surface area contributed by atoms with Gasteiger partial charge in [0.1, 0.15) is 5.75 Å². The third-order valence-electron chi connectivity index (χ3n) is 5.50. The molecular formula is C27H34N2O2. The third kappa shape index (κ3) is 6.58. The summed E-state index contributed by atoms with van der Waals surface area (Å²) in [5.74, 6) is 0.966. The van der Waals surface area contributed by atoms with Crippen LogP contribution in [0.25, 0.3) is 11.1 Å². The van der Waals surface area contributed by atoms with Crippen LogP contribution in [0.5, 0.6) is 5.75 Å². The van der Waals surface area contributed by atoms with E-state index in [-0.39, 0.29) is 0 Å². The summed E-state index contributed by atoms with van der Waals surface area (Å²) in [4.78, 5) is 2.21. The van der Waals surface area contributed by atoms with Crippen molar-refractivity contribution in [3.05, 3.63) is 83.4 Å². The zero-order valence-corrected chi connectivity index (χ0v) is 19.1. The molecule has 0 aliphatic carbocycles. The number of nitrogens with zero attached hydrogens (tertiary/aromatic N) is 1. The van der Waals surface area contributed by atoms with Gasteiger partial charge in [-0.3, -0.25) is 0 Å². The number of ether oxygens (including phenoxy) is 1. The number of methoxy groups -OCH3 is 1. The molecule has 0 aliphatic rings. The van der Waals surface area contributed by atoms with E-state index < -0.39 is 6.10 Å². The Labute approximate surface area is 186 Å². The Morgan fingerprint density at radius 2 is 1.58 bits per heavy atom. The van der Waals surface area contributed by atoms with Crippen LogP contribution in [0.15, 0.2) is 66.7 Å². The van der Waals surface area contributed by atoms with Crippen LogP contribution >= 0.6 is 0 Å². The normalized spacial score (nSPS) is 12.1. The van der Waals surface area contributed by atoms with E-state index in [0.717, 1.165) is 54.1 Å². The lowest BCUT2D eigenvalue weighted by Gasteiger charge is -2.14. The Bertz CT molecular complexity index is 948. The molecule has 0 bridgehead atoms. The van der Waals surface area contributed by atoms with Crippen LogP contribution in [0.4, 0.5) is 5.69 Å². The minimum absolute atomic E-state index is 0.438. The van der Waals surface area contributed by atoms with Gasteiger partial charge in [-0.25, -0.2) is 0 Å². The Balaban J connectivity index is 1.61. The fraction of sp³-hybridized carbons (Fsp3) is 0.333. The Morgan fingerprint density at radius 3 is 2.16 bits per heavy atom. The molecule has 0 radical (unpaired) electrons. The second kappa shape index (κ2) is 11.0. The number of aryl methyl sites for hydroxylation is 1. The zero-order valence-electron chi connectivity index (χ0n) is 19.1. The average molecular weight is 419 g/mol. The highest BCUT2D eigenvalue weighted by atomic mass is 16.5. The Morgan fingerprint density at radius 1 is 0.935 bits per heavy atom. The van der Waals surface area contributed by atoms with Crippen LogP contribution in [0, 0.1) is 0 Å². The molecule has 0 aromatic heterocycles. The highest BCUT2D eigenvalue weighted by Crippen LogP contribution is 2.25. The predicted molar refractivity (Wildman–Crippen MR) is 130 cm³/mol. The fourth-order valence-corrected chi connectivity index (χ4v) is 3.66. The molecule has 3 rings (SSSR count). The van der Waals surface area contributed by atoms with Gasteiger partial charge in [-0.1, -0.05) is 48.5 Å². The van der Waals surface area contributed by atoms with Gasteiger partial charge in [0.25, 0.3) is 0 Å². The van der Waals surface area contributed by atoms with Gasteiger partial charge in [-0.15, -0.1) is 0 Å². The second-order valence-electron chi connectivity index (χ2n) is 8.28. The van der Waals surface area contributed by atoms with Crippen LogP contribution in [0.2, 0.25) is 0 Å². The standard InChI is InChI=1S/C27H34N2O2/c1-20(30)22-8-10-23(11-9-22)24-12-14-26(15-13-24)28-19-21-7-16-27(31-4)25(18-21)6-5-17-29(2)3/h7-16,18,20,28,30H,5-6,17,19H2,1-4H3. The first-order valence-electron chi connectivity index (χ1n) is 10.9. The largest absolute Gasteiger partial charge is 0.496 e. The molecule has 0 saturated heterocycles. The number of anilines is 1. The van der Waals surface area contributed by atoms with Crippen molar-refractivity contribution in [3.8, 4) is 16.9 Å². The number of benzene rings is 3. The second-order valence-corrected chi connectivity index (χ2v) is 8.28. The molecule has 1 unspecified atom stereocenters.